The molecule has 0 aliphatic carbocycles. The lowest BCUT2D eigenvalue weighted by atomic mass is 10.1. The highest BCUT2D eigenvalue weighted by Gasteiger charge is 2.08. The molecule has 0 radical (unpaired) electrons. The number of carboxylic acids is 1. The zero-order valence-corrected chi connectivity index (χ0v) is 10.5. The summed E-state index contributed by atoms with van der Waals surface area (Å²) in [5, 5.41) is 18.3. The van der Waals surface area contributed by atoms with E-state index < -0.39 is 5.97 Å². The summed E-state index contributed by atoms with van der Waals surface area (Å²) < 4.78 is 0. The summed E-state index contributed by atoms with van der Waals surface area (Å²) >= 11 is 0. The molecule has 0 unspecified atom stereocenters. The fraction of sp³-hybridized carbons (Fsp3) is 0. The molecule has 4 nitrogen and oxygen atoms in total. The average molecular weight is 268 g/mol. The molecule has 2 aromatic carbocycles. The van der Waals surface area contributed by atoms with Crippen molar-refractivity contribution < 1.29 is 19.8 Å². The average Bonchev–Trinajstić information content (AvgIpc) is 2.45. The molecule has 100 valence electrons. The Morgan fingerprint density at radius 3 is 2.30 bits per heavy atom. The van der Waals surface area contributed by atoms with Gasteiger partial charge >= 0.3 is 5.97 Å². The van der Waals surface area contributed by atoms with Crippen molar-refractivity contribution in [3.63, 3.8) is 0 Å². The third-order valence-electron chi connectivity index (χ3n) is 2.74. The Hall–Kier alpha value is -2.88. The summed E-state index contributed by atoms with van der Waals surface area (Å²) in [6.45, 7) is 0. The van der Waals surface area contributed by atoms with E-state index in [0.717, 1.165) is 0 Å². The van der Waals surface area contributed by atoms with Crippen LogP contribution < -0.4 is 0 Å². The van der Waals surface area contributed by atoms with Gasteiger partial charge in [-0.1, -0.05) is 42.5 Å². The lowest BCUT2D eigenvalue weighted by Gasteiger charge is -2.00. The number of hydrogen-bond acceptors (Lipinski definition) is 3. The minimum absolute atomic E-state index is 0.160. The fourth-order valence-electron chi connectivity index (χ4n) is 1.70. The van der Waals surface area contributed by atoms with Crippen LogP contribution in [0.1, 0.15) is 26.3 Å². The Morgan fingerprint density at radius 2 is 1.70 bits per heavy atom. The van der Waals surface area contributed by atoms with Crippen molar-refractivity contribution in [2.75, 3.05) is 0 Å². The van der Waals surface area contributed by atoms with E-state index in [4.69, 9.17) is 5.11 Å². The van der Waals surface area contributed by atoms with E-state index >= 15 is 0 Å². The highest BCUT2D eigenvalue weighted by Crippen LogP contribution is 2.19. The minimum atomic E-state index is -1.20. The van der Waals surface area contributed by atoms with Crippen LogP contribution in [0.15, 0.2) is 54.6 Å². The molecule has 0 atom stereocenters. The number of carbonyl (C=O) groups excluding carboxylic acids is 1. The summed E-state index contributed by atoms with van der Waals surface area (Å²) in [4.78, 5) is 22.6. The van der Waals surface area contributed by atoms with Gasteiger partial charge in [-0.05, 0) is 23.8 Å². The van der Waals surface area contributed by atoms with Gasteiger partial charge in [0.1, 0.15) is 11.3 Å². The Balaban J connectivity index is 2.18. The smallest absolute Gasteiger partial charge is 0.339 e. The molecule has 0 aliphatic rings. The topological polar surface area (TPSA) is 74.6 Å². The van der Waals surface area contributed by atoms with Gasteiger partial charge in [0.25, 0.3) is 0 Å². The van der Waals surface area contributed by atoms with Crippen molar-refractivity contribution in [3.8, 4) is 5.75 Å². The van der Waals surface area contributed by atoms with Gasteiger partial charge in [-0.2, -0.15) is 0 Å². The second-order valence-electron chi connectivity index (χ2n) is 4.15. The predicted octanol–water partition coefficient (Wildman–Crippen LogP) is 2.99. The molecule has 0 spiro atoms. The van der Waals surface area contributed by atoms with E-state index in [-0.39, 0.29) is 17.1 Å². The van der Waals surface area contributed by atoms with Crippen LogP contribution in [0.4, 0.5) is 0 Å². The van der Waals surface area contributed by atoms with Gasteiger partial charge in [-0.3, -0.25) is 4.79 Å². The molecule has 2 rings (SSSR count). The highest BCUT2D eigenvalue weighted by molar-refractivity contribution is 6.06. The number of phenols is 1. The van der Waals surface area contributed by atoms with Crippen molar-refractivity contribution in [2.24, 2.45) is 0 Å². The van der Waals surface area contributed by atoms with E-state index in [1.54, 1.807) is 24.3 Å². The van der Waals surface area contributed by atoms with Crippen molar-refractivity contribution in [2.45, 2.75) is 0 Å². The predicted molar refractivity (Wildman–Crippen MR) is 74.9 cm³/mol. The largest absolute Gasteiger partial charge is 0.507 e. The summed E-state index contributed by atoms with van der Waals surface area (Å²) in [6.07, 6.45) is 2.91. The van der Waals surface area contributed by atoms with Gasteiger partial charge < -0.3 is 10.2 Å². The molecule has 4 heteroatoms. The molecule has 0 saturated heterocycles. The zero-order chi connectivity index (χ0) is 14.5. The summed E-state index contributed by atoms with van der Waals surface area (Å²) in [6, 6.07) is 12.9. The molecule has 0 aromatic heterocycles. The molecule has 0 fully saturated rings. The summed E-state index contributed by atoms with van der Waals surface area (Å²) in [5.74, 6) is -1.68. The van der Waals surface area contributed by atoms with E-state index in [0.29, 0.717) is 11.1 Å². The molecule has 2 N–H and O–H groups in total. The fourth-order valence-corrected chi connectivity index (χ4v) is 1.70. The lowest BCUT2D eigenvalue weighted by molar-refractivity contribution is 0.0693. The second-order valence-corrected chi connectivity index (χ2v) is 4.15. The Labute approximate surface area is 115 Å². The molecule has 2 aromatic rings. The zero-order valence-electron chi connectivity index (χ0n) is 10.5. The van der Waals surface area contributed by atoms with Gasteiger partial charge in [-0.15, -0.1) is 0 Å². The third-order valence-corrected chi connectivity index (χ3v) is 2.74. The van der Waals surface area contributed by atoms with Crippen LogP contribution >= 0.6 is 0 Å². The molecule has 0 saturated carbocycles. The maximum atomic E-state index is 11.8. The number of carboxylic acid groups (broad SMARTS) is 1. The number of benzene rings is 2. The number of carbonyl (C=O) groups is 2. The van der Waals surface area contributed by atoms with Crippen LogP contribution in [0, 0.1) is 0 Å². The number of aromatic carboxylic acids is 1. The van der Waals surface area contributed by atoms with Crippen LogP contribution in [-0.2, 0) is 0 Å². The number of allylic oxidation sites excluding steroid dienone is 1. The van der Waals surface area contributed by atoms with E-state index in [1.165, 1.54) is 30.4 Å². The normalized spacial score (nSPS) is 10.6. The standard InChI is InChI=1S/C16H12O4/c17-14(12-4-2-1-3-5-12)9-7-11-6-8-13(16(19)20)15(18)10-11/h1-10,18H,(H,19,20). The molecular weight excluding hydrogens is 256 g/mol. The minimum Gasteiger partial charge on any atom is -0.507 e. The number of rotatable bonds is 4. The number of aromatic hydroxyl groups is 1. The van der Waals surface area contributed by atoms with Gasteiger partial charge in [0.2, 0.25) is 0 Å². The summed E-state index contributed by atoms with van der Waals surface area (Å²) in [5.41, 5.74) is 0.948. The van der Waals surface area contributed by atoms with Crippen molar-refractivity contribution >= 4 is 17.8 Å². The van der Waals surface area contributed by atoms with Crippen molar-refractivity contribution in [1.29, 1.82) is 0 Å². The molecule has 0 bridgehead atoms. The molecule has 20 heavy (non-hydrogen) atoms. The highest BCUT2D eigenvalue weighted by atomic mass is 16.4. The van der Waals surface area contributed by atoms with Crippen LogP contribution in [0.3, 0.4) is 0 Å². The Bertz CT molecular complexity index is 672. The maximum absolute atomic E-state index is 11.8. The Morgan fingerprint density at radius 1 is 1.00 bits per heavy atom. The van der Waals surface area contributed by atoms with E-state index in [1.807, 2.05) is 6.07 Å². The third kappa shape index (κ3) is 3.11. The van der Waals surface area contributed by atoms with Gasteiger partial charge in [0.05, 0.1) is 0 Å². The van der Waals surface area contributed by atoms with Gasteiger partial charge in [0.15, 0.2) is 5.78 Å². The molecule has 0 aliphatic heterocycles. The van der Waals surface area contributed by atoms with E-state index in [2.05, 4.69) is 0 Å². The first-order valence-electron chi connectivity index (χ1n) is 5.91. The summed E-state index contributed by atoms with van der Waals surface area (Å²) in [7, 11) is 0. The van der Waals surface area contributed by atoms with Crippen LogP contribution in [-0.4, -0.2) is 22.0 Å². The number of ketones is 1. The first kappa shape index (κ1) is 13.5. The SMILES string of the molecule is O=C(C=Cc1ccc(C(=O)O)c(O)c1)c1ccccc1. The van der Waals surface area contributed by atoms with Gasteiger partial charge in [-0.25, -0.2) is 4.79 Å². The Kier molecular flexibility index (Phi) is 3.96. The maximum Gasteiger partial charge on any atom is 0.339 e. The molecule has 0 amide bonds. The van der Waals surface area contributed by atoms with Crippen molar-refractivity contribution in [3.05, 3.63) is 71.3 Å². The van der Waals surface area contributed by atoms with Gasteiger partial charge in [0, 0.05) is 5.56 Å². The van der Waals surface area contributed by atoms with Crippen molar-refractivity contribution in [1.82, 2.24) is 0 Å². The molecule has 0 heterocycles. The van der Waals surface area contributed by atoms with E-state index in [9.17, 15) is 14.7 Å². The quantitative estimate of drug-likeness (QED) is 0.660. The lowest BCUT2D eigenvalue weighted by Crippen LogP contribution is -1.96. The number of hydrogen-bond donors (Lipinski definition) is 2. The van der Waals surface area contributed by atoms with Crippen LogP contribution in [0.25, 0.3) is 6.08 Å². The first-order chi connectivity index (χ1) is 9.58. The monoisotopic (exact) mass is 268 g/mol. The van der Waals surface area contributed by atoms with Crippen LogP contribution in [0.2, 0.25) is 0 Å². The van der Waals surface area contributed by atoms with Crippen LogP contribution in [0.5, 0.6) is 5.75 Å². The second kappa shape index (κ2) is 5.84. The first-order valence-corrected chi connectivity index (χ1v) is 5.91. The molecular formula is C16H12O4.